The first-order valence-electron chi connectivity index (χ1n) is 6.59. The Morgan fingerprint density at radius 3 is 2.90 bits per heavy atom. The maximum Gasteiger partial charge on any atom is 0.248 e. The lowest BCUT2D eigenvalue weighted by atomic mass is 10.1. The molecule has 0 saturated heterocycles. The minimum absolute atomic E-state index is 0.218. The van der Waals surface area contributed by atoms with E-state index in [0.29, 0.717) is 24.2 Å². The normalized spacial score (nSPS) is 12.6. The van der Waals surface area contributed by atoms with Crippen LogP contribution in [0.2, 0.25) is 0 Å². The molecule has 20 heavy (non-hydrogen) atoms. The van der Waals surface area contributed by atoms with Crippen molar-refractivity contribution in [1.82, 2.24) is 15.5 Å². The molecule has 0 radical (unpaired) electrons. The molecular formula is C14H18BrN3O2. The number of halogens is 1. The number of nitrogens with zero attached hydrogens (tertiary/aromatic N) is 2. The van der Waals surface area contributed by atoms with Gasteiger partial charge in [0.25, 0.3) is 0 Å². The van der Waals surface area contributed by atoms with Gasteiger partial charge in [0.1, 0.15) is 0 Å². The quantitative estimate of drug-likeness (QED) is 0.811. The highest BCUT2D eigenvalue weighted by atomic mass is 79.9. The lowest BCUT2D eigenvalue weighted by Crippen LogP contribution is -2.21. The van der Waals surface area contributed by atoms with Gasteiger partial charge in [0.15, 0.2) is 0 Å². The van der Waals surface area contributed by atoms with Crippen molar-refractivity contribution in [1.29, 1.82) is 0 Å². The summed E-state index contributed by atoms with van der Waals surface area (Å²) in [5, 5.41) is 20.2. The molecule has 1 atom stereocenters. The maximum absolute atomic E-state index is 8.84. The molecule has 6 heteroatoms. The van der Waals surface area contributed by atoms with Gasteiger partial charge in [0.2, 0.25) is 11.8 Å². The Morgan fingerprint density at radius 2 is 2.15 bits per heavy atom. The van der Waals surface area contributed by atoms with E-state index in [2.05, 4.69) is 38.4 Å². The third-order valence-electron chi connectivity index (χ3n) is 2.96. The molecule has 1 aromatic heterocycles. The van der Waals surface area contributed by atoms with Crippen LogP contribution in [0, 0.1) is 5.92 Å². The molecule has 0 amide bonds. The number of aliphatic hydroxyl groups is 1. The molecule has 0 fully saturated rings. The summed E-state index contributed by atoms with van der Waals surface area (Å²) in [6, 6.07) is 7.74. The van der Waals surface area contributed by atoms with Crippen molar-refractivity contribution in [3.8, 4) is 11.5 Å². The second-order valence-electron chi connectivity index (χ2n) is 4.73. The molecular weight excluding hydrogens is 322 g/mol. The van der Waals surface area contributed by atoms with Crippen LogP contribution in [-0.4, -0.2) is 28.5 Å². The lowest BCUT2D eigenvalue weighted by molar-refractivity contribution is 0.259. The van der Waals surface area contributed by atoms with Gasteiger partial charge in [-0.2, -0.15) is 0 Å². The predicted molar refractivity (Wildman–Crippen MR) is 80.0 cm³/mol. The minimum atomic E-state index is 0.218. The number of hydrogen-bond acceptors (Lipinski definition) is 5. The van der Waals surface area contributed by atoms with Crippen LogP contribution in [0.4, 0.5) is 0 Å². The Labute approximate surface area is 126 Å². The highest BCUT2D eigenvalue weighted by Crippen LogP contribution is 2.26. The molecule has 1 heterocycles. The van der Waals surface area contributed by atoms with E-state index in [4.69, 9.17) is 9.52 Å². The zero-order valence-electron chi connectivity index (χ0n) is 11.3. The maximum atomic E-state index is 8.84. The molecule has 0 aliphatic heterocycles. The zero-order chi connectivity index (χ0) is 14.4. The van der Waals surface area contributed by atoms with Crippen molar-refractivity contribution in [2.45, 2.75) is 19.9 Å². The van der Waals surface area contributed by atoms with Crippen molar-refractivity contribution in [3.05, 3.63) is 34.6 Å². The molecule has 108 valence electrons. The Balaban J connectivity index is 1.91. The topological polar surface area (TPSA) is 71.2 Å². The third kappa shape index (κ3) is 4.13. The second kappa shape index (κ2) is 7.52. The Hall–Kier alpha value is -1.24. The summed E-state index contributed by atoms with van der Waals surface area (Å²) in [6.07, 6.45) is 0.791. The summed E-state index contributed by atoms with van der Waals surface area (Å²) < 4.78 is 6.56. The van der Waals surface area contributed by atoms with Gasteiger partial charge in [0.05, 0.1) is 12.1 Å². The van der Waals surface area contributed by atoms with Crippen LogP contribution in [0.15, 0.2) is 33.2 Å². The van der Waals surface area contributed by atoms with Crippen LogP contribution in [0.3, 0.4) is 0 Å². The average Bonchev–Trinajstić information content (AvgIpc) is 2.88. The van der Waals surface area contributed by atoms with E-state index in [1.54, 1.807) is 0 Å². The van der Waals surface area contributed by atoms with Gasteiger partial charge in [-0.1, -0.05) is 19.1 Å². The fraction of sp³-hybridized carbons (Fsp3) is 0.429. The number of nitrogens with one attached hydrogen (secondary N) is 1. The summed E-state index contributed by atoms with van der Waals surface area (Å²) in [7, 11) is 0. The van der Waals surface area contributed by atoms with Crippen LogP contribution < -0.4 is 5.32 Å². The highest BCUT2D eigenvalue weighted by Gasteiger charge is 2.11. The van der Waals surface area contributed by atoms with Crippen molar-refractivity contribution in [3.63, 3.8) is 0 Å². The van der Waals surface area contributed by atoms with Crippen LogP contribution in [0.25, 0.3) is 11.5 Å². The van der Waals surface area contributed by atoms with E-state index in [0.717, 1.165) is 23.0 Å². The Bertz CT molecular complexity index is 545. The summed E-state index contributed by atoms with van der Waals surface area (Å²) in [6.45, 7) is 3.65. The molecule has 0 saturated carbocycles. The SMILES string of the molecule is CC(CCO)CNCc1nnc(-c2ccccc2Br)o1. The van der Waals surface area contributed by atoms with Crippen molar-refractivity contribution in [2.24, 2.45) is 5.92 Å². The van der Waals surface area contributed by atoms with E-state index in [9.17, 15) is 0 Å². The molecule has 1 unspecified atom stereocenters. The second-order valence-corrected chi connectivity index (χ2v) is 5.58. The minimum Gasteiger partial charge on any atom is -0.419 e. The van der Waals surface area contributed by atoms with Crippen LogP contribution in [0.5, 0.6) is 0 Å². The summed E-state index contributed by atoms with van der Waals surface area (Å²) in [4.78, 5) is 0. The summed E-state index contributed by atoms with van der Waals surface area (Å²) in [5.74, 6) is 1.50. The molecule has 0 bridgehead atoms. The number of benzene rings is 1. The van der Waals surface area contributed by atoms with E-state index < -0.39 is 0 Å². The van der Waals surface area contributed by atoms with Crippen molar-refractivity contribution in [2.75, 3.05) is 13.2 Å². The fourth-order valence-electron chi connectivity index (χ4n) is 1.82. The monoisotopic (exact) mass is 339 g/mol. The first kappa shape index (κ1) is 15.2. The zero-order valence-corrected chi connectivity index (χ0v) is 12.9. The van der Waals surface area contributed by atoms with Gasteiger partial charge < -0.3 is 14.8 Å². The van der Waals surface area contributed by atoms with E-state index in [1.807, 2.05) is 24.3 Å². The van der Waals surface area contributed by atoms with Crippen LogP contribution >= 0.6 is 15.9 Å². The summed E-state index contributed by atoms with van der Waals surface area (Å²) >= 11 is 3.46. The molecule has 2 rings (SSSR count). The Morgan fingerprint density at radius 1 is 1.35 bits per heavy atom. The average molecular weight is 340 g/mol. The van der Waals surface area contributed by atoms with Gasteiger partial charge in [-0.05, 0) is 46.9 Å². The van der Waals surface area contributed by atoms with Gasteiger partial charge in [-0.15, -0.1) is 10.2 Å². The number of rotatable bonds is 7. The molecule has 5 nitrogen and oxygen atoms in total. The number of aromatic nitrogens is 2. The van der Waals surface area contributed by atoms with E-state index >= 15 is 0 Å². The molecule has 0 aliphatic carbocycles. The standard InChI is InChI=1S/C14H18BrN3O2/c1-10(6-7-19)8-16-9-13-17-18-14(20-13)11-4-2-3-5-12(11)15/h2-5,10,16,19H,6-9H2,1H3. The van der Waals surface area contributed by atoms with Gasteiger partial charge in [0, 0.05) is 11.1 Å². The summed E-state index contributed by atoms with van der Waals surface area (Å²) in [5.41, 5.74) is 0.889. The molecule has 0 spiro atoms. The van der Waals surface area contributed by atoms with E-state index in [-0.39, 0.29) is 6.61 Å². The van der Waals surface area contributed by atoms with Gasteiger partial charge >= 0.3 is 0 Å². The third-order valence-corrected chi connectivity index (χ3v) is 3.65. The van der Waals surface area contributed by atoms with E-state index in [1.165, 1.54) is 0 Å². The lowest BCUT2D eigenvalue weighted by Gasteiger charge is -2.09. The highest BCUT2D eigenvalue weighted by molar-refractivity contribution is 9.10. The molecule has 2 aromatic rings. The Kier molecular flexibility index (Phi) is 5.70. The molecule has 2 N–H and O–H groups in total. The first-order chi connectivity index (χ1) is 9.70. The predicted octanol–water partition coefficient (Wildman–Crippen LogP) is 2.61. The van der Waals surface area contributed by atoms with Crippen molar-refractivity contribution < 1.29 is 9.52 Å². The number of aliphatic hydroxyl groups excluding tert-OH is 1. The molecule has 0 aliphatic rings. The van der Waals surface area contributed by atoms with Crippen LogP contribution in [-0.2, 0) is 6.54 Å². The first-order valence-corrected chi connectivity index (χ1v) is 7.39. The van der Waals surface area contributed by atoms with Gasteiger partial charge in [-0.3, -0.25) is 0 Å². The van der Waals surface area contributed by atoms with Gasteiger partial charge in [-0.25, -0.2) is 0 Å². The van der Waals surface area contributed by atoms with Crippen molar-refractivity contribution >= 4 is 15.9 Å². The molecule has 1 aromatic carbocycles. The fourth-order valence-corrected chi connectivity index (χ4v) is 2.27. The number of hydrogen-bond donors (Lipinski definition) is 2. The van der Waals surface area contributed by atoms with Crippen LogP contribution in [0.1, 0.15) is 19.2 Å². The smallest absolute Gasteiger partial charge is 0.248 e. The largest absolute Gasteiger partial charge is 0.419 e.